The normalized spacial score (nSPS) is 11.6. The molecule has 3 aromatic carbocycles. The van der Waals surface area contributed by atoms with Gasteiger partial charge in [0.25, 0.3) is 5.91 Å². The number of rotatable bonds is 10. The predicted molar refractivity (Wildman–Crippen MR) is 130 cm³/mol. The maximum Gasteiger partial charge on any atom is 0.251 e. The van der Waals surface area contributed by atoms with Crippen LogP contribution in [0.4, 0.5) is 0 Å². The predicted octanol–water partition coefficient (Wildman–Crippen LogP) is 2.27. The maximum atomic E-state index is 12.8. The van der Waals surface area contributed by atoms with Crippen LogP contribution >= 0.6 is 0 Å². The van der Waals surface area contributed by atoms with Gasteiger partial charge in [-0.15, -0.1) is 0 Å². The summed E-state index contributed by atoms with van der Waals surface area (Å²) in [6, 6.07) is 23.3. The molecule has 0 spiro atoms. The van der Waals surface area contributed by atoms with Crippen LogP contribution in [0.1, 0.15) is 31.8 Å². The molecule has 0 aliphatic heterocycles. The fraction of sp³-hybridized carbons (Fsp3) is 0.154. The molecule has 0 fully saturated rings. The highest BCUT2D eigenvalue weighted by atomic mass is 32.2. The van der Waals surface area contributed by atoms with Crippen LogP contribution in [0.15, 0.2) is 84.9 Å². The standard InChI is InChI=1S/C26H23N3O5S/c27-15-16-28-26(32)23(18-35(33,34)17-19-7-3-1-4-8-19)29-25(31)22-13-11-21(12-14-22)24(30)20-9-5-2-6-10-20/h1-14,23H,16-18H2,(H,28,32)(H,29,31)/t23-/m0/s1. The van der Waals surface area contributed by atoms with Gasteiger partial charge < -0.3 is 10.6 Å². The zero-order valence-corrected chi connectivity index (χ0v) is 19.5. The molecule has 1 atom stereocenters. The number of nitrogens with one attached hydrogen (secondary N) is 2. The zero-order valence-electron chi connectivity index (χ0n) is 18.7. The van der Waals surface area contributed by atoms with Gasteiger partial charge in [-0.05, 0) is 17.7 Å². The molecular formula is C26H23N3O5S. The second kappa shape index (κ2) is 11.7. The number of nitriles is 1. The molecule has 3 aromatic rings. The number of sulfone groups is 1. The topological polar surface area (TPSA) is 133 Å². The van der Waals surface area contributed by atoms with Gasteiger partial charge in [-0.2, -0.15) is 5.26 Å². The lowest BCUT2D eigenvalue weighted by atomic mass is 10.0. The molecule has 9 heteroatoms. The van der Waals surface area contributed by atoms with E-state index in [0.717, 1.165) is 0 Å². The molecule has 0 unspecified atom stereocenters. The first-order valence-electron chi connectivity index (χ1n) is 10.7. The molecule has 0 heterocycles. The van der Waals surface area contributed by atoms with Crippen molar-refractivity contribution in [2.24, 2.45) is 0 Å². The van der Waals surface area contributed by atoms with Gasteiger partial charge in [-0.3, -0.25) is 14.4 Å². The third-order valence-electron chi connectivity index (χ3n) is 5.06. The summed E-state index contributed by atoms with van der Waals surface area (Å²) in [4.78, 5) is 37.9. The average Bonchev–Trinajstić information content (AvgIpc) is 2.87. The summed E-state index contributed by atoms with van der Waals surface area (Å²) < 4.78 is 25.5. The summed E-state index contributed by atoms with van der Waals surface area (Å²) in [5, 5.41) is 13.5. The Kier molecular flexibility index (Phi) is 8.48. The average molecular weight is 490 g/mol. The van der Waals surface area contributed by atoms with Gasteiger partial charge in [-0.25, -0.2) is 8.42 Å². The summed E-state index contributed by atoms with van der Waals surface area (Å²) >= 11 is 0. The Morgan fingerprint density at radius 3 is 1.94 bits per heavy atom. The first kappa shape index (κ1) is 25.3. The number of hydrogen-bond donors (Lipinski definition) is 2. The molecule has 2 amide bonds. The van der Waals surface area contributed by atoms with E-state index in [1.54, 1.807) is 66.7 Å². The third-order valence-corrected chi connectivity index (χ3v) is 6.67. The van der Waals surface area contributed by atoms with Crippen LogP contribution in [0.2, 0.25) is 0 Å². The van der Waals surface area contributed by atoms with Crippen LogP contribution in [-0.2, 0) is 20.4 Å². The number of benzene rings is 3. The molecule has 0 bridgehead atoms. The van der Waals surface area contributed by atoms with Crippen LogP contribution in [0.3, 0.4) is 0 Å². The first-order chi connectivity index (χ1) is 16.8. The van der Waals surface area contributed by atoms with Gasteiger partial charge >= 0.3 is 0 Å². The molecule has 0 aliphatic carbocycles. The van der Waals surface area contributed by atoms with Crippen LogP contribution in [-0.4, -0.2) is 44.4 Å². The summed E-state index contributed by atoms with van der Waals surface area (Å²) in [6.07, 6.45) is 0. The summed E-state index contributed by atoms with van der Waals surface area (Å²) in [7, 11) is -3.78. The zero-order chi connectivity index (χ0) is 25.3. The van der Waals surface area contributed by atoms with Crippen LogP contribution in [0, 0.1) is 11.3 Å². The van der Waals surface area contributed by atoms with E-state index in [9.17, 15) is 22.8 Å². The lowest BCUT2D eigenvalue weighted by Crippen LogP contribution is -2.50. The summed E-state index contributed by atoms with van der Waals surface area (Å²) in [5.74, 6) is -2.63. The highest BCUT2D eigenvalue weighted by Crippen LogP contribution is 2.12. The van der Waals surface area contributed by atoms with Crippen molar-refractivity contribution in [2.45, 2.75) is 11.8 Å². The minimum absolute atomic E-state index is 0.146. The Morgan fingerprint density at radius 1 is 0.800 bits per heavy atom. The number of nitrogens with zero attached hydrogens (tertiary/aromatic N) is 1. The van der Waals surface area contributed by atoms with Crippen molar-refractivity contribution in [1.82, 2.24) is 10.6 Å². The second-order valence-electron chi connectivity index (χ2n) is 7.71. The van der Waals surface area contributed by atoms with E-state index in [-0.39, 0.29) is 23.6 Å². The Bertz CT molecular complexity index is 1330. The molecule has 0 aliphatic rings. The highest BCUT2D eigenvalue weighted by molar-refractivity contribution is 7.90. The molecule has 3 rings (SSSR count). The molecule has 0 radical (unpaired) electrons. The molecule has 35 heavy (non-hydrogen) atoms. The summed E-state index contributed by atoms with van der Waals surface area (Å²) in [5.41, 5.74) is 1.57. The van der Waals surface area contributed by atoms with Crippen molar-refractivity contribution in [3.63, 3.8) is 0 Å². The van der Waals surface area contributed by atoms with E-state index in [1.807, 2.05) is 0 Å². The Balaban J connectivity index is 1.74. The SMILES string of the molecule is N#CCNC(=O)[C@H](CS(=O)(=O)Cc1ccccc1)NC(=O)c1ccc(C(=O)c2ccccc2)cc1. The summed E-state index contributed by atoms with van der Waals surface area (Å²) in [6.45, 7) is -0.333. The molecule has 8 nitrogen and oxygen atoms in total. The number of carbonyl (C=O) groups excluding carboxylic acids is 3. The van der Waals surface area contributed by atoms with E-state index < -0.39 is 33.4 Å². The van der Waals surface area contributed by atoms with Gasteiger partial charge in [0.15, 0.2) is 15.6 Å². The van der Waals surface area contributed by atoms with Gasteiger partial charge in [-0.1, -0.05) is 72.8 Å². The van der Waals surface area contributed by atoms with Crippen molar-refractivity contribution in [2.75, 3.05) is 12.3 Å². The van der Waals surface area contributed by atoms with E-state index >= 15 is 0 Å². The van der Waals surface area contributed by atoms with Crippen LogP contribution in [0.5, 0.6) is 0 Å². The van der Waals surface area contributed by atoms with Gasteiger partial charge in [0.1, 0.15) is 12.6 Å². The van der Waals surface area contributed by atoms with Crippen LogP contribution < -0.4 is 10.6 Å². The van der Waals surface area contributed by atoms with Crippen molar-refractivity contribution < 1.29 is 22.8 Å². The monoisotopic (exact) mass is 489 g/mol. The lowest BCUT2D eigenvalue weighted by Gasteiger charge is -2.18. The largest absolute Gasteiger partial charge is 0.341 e. The van der Waals surface area contributed by atoms with Gasteiger partial charge in [0.2, 0.25) is 5.91 Å². The second-order valence-corrected chi connectivity index (χ2v) is 9.82. The molecule has 0 saturated heterocycles. The quantitative estimate of drug-likeness (QED) is 0.332. The Morgan fingerprint density at radius 2 is 1.34 bits per heavy atom. The van der Waals surface area contributed by atoms with Gasteiger partial charge in [0.05, 0.1) is 17.6 Å². The number of carbonyl (C=O) groups is 3. The number of amides is 2. The van der Waals surface area contributed by atoms with Crippen molar-refractivity contribution >= 4 is 27.4 Å². The van der Waals surface area contributed by atoms with Crippen LogP contribution in [0.25, 0.3) is 0 Å². The fourth-order valence-electron chi connectivity index (χ4n) is 3.34. The lowest BCUT2D eigenvalue weighted by molar-refractivity contribution is -0.122. The molecule has 2 N–H and O–H groups in total. The third kappa shape index (κ3) is 7.35. The Labute approximate surface area is 203 Å². The fourth-order valence-corrected chi connectivity index (χ4v) is 4.91. The molecule has 0 aromatic heterocycles. The maximum absolute atomic E-state index is 12.8. The van der Waals surface area contributed by atoms with E-state index in [0.29, 0.717) is 16.7 Å². The van der Waals surface area contributed by atoms with Crippen molar-refractivity contribution in [3.05, 3.63) is 107 Å². The number of hydrogen-bond acceptors (Lipinski definition) is 6. The first-order valence-corrected chi connectivity index (χ1v) is 12.5. The highest BCUT2D eigenvalue weighted by Gasteiger charge is 2.28. The van der Waals surface area contributed by atoms with E-state index in [1.165, 1.54) is 24.3 Å². The minimum atomic E-state index is -3.78. The number of ketones is 1. The minimum Gasteiger partial charge on any atom is -0.341 e. The van der Waals surface area contributed by atoms with Crippen molar-refractivity contribution in [3.8, 4) is 6.07 Å². The Hall–Kier alpha value is -4.29. The van der Waals surface area contributed by atoms with E-state index in [2.05, 4.69) is 10.6 Å². The molecule has 178 valence electrons. The molecule has 0 saturated carbocycles. The van der Waals surface area contributed by atoms with E-state index in [4.69, 9.17) is 5.26 Å². The smallest absolute Gasteiger partial charge is 0.251 e. The molecular weight excluding hydrogens is 466 g/mol. The van der Waals surface area contributed by atoms with Gasteiger partial charge in [0, 0.05) is 16.7 Å². The van der Waals surface area contributed by atoms with Crippen molar-refractivity contribution in [1.29, 1.82) is 5.26 Å².